The first-order valence-corrected chi connectivity index (χ1v) is 10.3. The molecule has 0 saturated heterocycles. The SMILES string of the molecule is C=Cc1cccc(C[C@@H](C=O)NC(=O)c2cccnc2-c2cccc(OCCC)c2)c1. The minimum absolute atomic E-state index is 0.347. The lowest BCUT2D eigenvalue weighted by molar-refractivity contribution is -0.109. The average molecular weight is 415 g/mol. The summed E-state index contributed by atoms with van der Waals surface area (Å²) in [6, 6.07) is 18.0. The molecule has 0 unspecified atom stereocenters. The Morgan fingerprint density at radius 1 is 1.16 bits per heavy atom. The minimum Gasteiger partial charge on any atom is -0.494 e. The molecular formula is C26H26N2O3. The molecule has 0 aliphatic heterocycles. The number of carbonyl (C=O) groups excluding carboxylic acids is 2. The van der Waals surface area contributed by atoms with E-state index in [1.165, 1.54) is 0 Å². The largest absolute Gasteiger partial charge is 0.494 e. The van der Waals surface area contributed by atoms with E-state index in [0.717, 1.165) is 35.1 Å². The Hall–Kier alpha value is -3.73. The van der Waals surface area contributed by atoms with Crippen molar-refractivity contribution >= 4 is 18.3 Å². The number of benzene rings is 2. The van der Waals surface area contributed by atoms with E-state index in [9.17, 15) is 9.59 Å². The van der Waals surface area contributed by atoms with Gasteiger partial charge in [-0.2, -0.15) is 0 Å². The normalized spacial score (nSPS) is 11.4. The molecule has 0 bridgehead atoms. The first-order valence-electron chi connectivity index (χ1n) is 10.3. The Bertz CT molecular complexity index is 1060. The van der Waals surface area contributed by atoms with Crippen LogP contribution >= 0.6 is 0 Å². The lowest BCUT2D eigenvalue weighted by Crippen LogP contribution is -2.38. The van der Waals surface area contributed by atoms with E-state index >= 15 is 0 Å². The molecular weight excluding hydrogens is 388 g/mol. The Labute approximate surface area is 182 Å². The van der Waals surface area contributed by atoms with E-state index in [4.69, 9.17) is 4.74 Å². The standard InChI is InChI=1S/C26H26N2O3/c1-3-14-31-23-11-6-10-21(17-23)25-24(12-7-13-27-25)26(30)28-22(18-29)16-20-9-5-8-19(4-2)15-20/h4-13,15,17-18,22H,2-3,14,16H2,1H3,(H,28,30)/t22-/m0/s1. The maximum absolute atomic E-state index is 13.0. The molecule has 31 heavy (non-hydrogen) atoms. The van der Waals surface area contributed by atoms with Crippen LogP contribution in [0.4, 0.5) is 0 Å². The number of nitrogens with one attached hydrogen (secondary N) is 1. The summed E-state index contributed by atoms with van der Waals surface area (Å²) in [5.41, 5.74) is 3.64. The van der Waals surface area contributed by atoms with E-state index in [1.54, 1.807) is 24.4 Å². The molecule has 1 amide bonds. The monoisotopic (exact) mass is 414 g/mol. The van der Waals surface area contributed by atoms with Gasteiger partial charge in [0, 0.05) is 11.8 Å². The molecule has 5 heteroatoms. The summed E-state index contributed by atoms with van der Waals surface area (Å²) in [6.07, 6.45) is 5.45. The Morgan fingerprint density at radius 3 is 2.77 bits per heavy atom. The van der Waals surface area contributed by atoms with E-state index in [2.05, 4.69) is 16.9 Å². The zero-order chi connectivity index (χ0) is 22.1. The number of hydrogen-bond acceptors (Lipinski definition) is 4. The lowest BCUT2D eigenvalue weighted by atomic mass is 10.0. The second-order valence-electron chi connectivity index (χ2n) is 7.15. The van der Waals surface area contributed by atoms with Crippen LogP contribution in [0.2, 0.25) is 0 Å². The fourth-order valence-electron chi connectivity index (χ4n) is 3.25. The molecule has 0 aliphatic carbocycles. The van der Waals surface area contributed by atoms with Gasteiger partial charge in [-0.05, 0) is 48.2 Å². The van der Waals surface area contributed by atoms with Crippen molar-refractivity contribution in [3.8, 4) is 17.0 Å². The second kappa shape index (κ2) is 10.9. The van der Waals surface area contributed by atoms with Gasteiger partial charge in [-0.3, -0.25) is 9.78 Å². The number of aromatic nitrogens is 1. The smallest absolute Gasteiger partial charge is 0.254 e. The molecule has 0 spiro atoms. The van der Waals surface area contributed by atoms with Gasteiger partial charge < -0.3 is 14.8 Å². The number of hydrogen-bond donors (Lipinski definition) is 1. The number of aldehydes is 1. The maximum atomic E-state index is 13.0. The Morgan fingerprint density at radius 2 is 2.00 bits per heavy atom. The molecule has 3 rings (SSSR count). The number of carbonyl (C=O) groups is 2. The summed E-state index contributed by atoms with van der Waals surface area (Å²) in [6.45, 7) is 6.43. The molecule has 1 N–H and O–H groups in total. The quantitative estimate of drug-likeness (QED) is 0.488. The van der Waals surface area contributed by atoms with Crippen LogP contribution in [-0.2, 0) is 11.2 Å². The van der Waals surface area contributed by atoms with Crippen molar-refractivity contribution in [1.29, 1.82) is 0 Å². The first-order chi connectivity index (χ1) is 15.1. The summed E-state index contributed by atoms with van der Waals surface area (Å²) in [5, 5.41) is 2.82. The van der Waals surface area contributed by atoms with Crippen molar-refractivity contribution in [2.45, 2.75) is 25.8 Å². The predicted molar refractivity (Wildman–Crippen MR) is 123 cm³/mol. The highest BCUT2D eigenvalue weighted by Gasteiger charge is 2.18. The summed E-state index contributed by atoms with van der Waals surface area (Å²) >= 11 is 0. The zero-order valence-corrected chi connectivity index (χ0v) is 17.6. The van der Waals surface area contributed by atoms with Gasteiger partial charge in [-0.1, -0.05) is 56.0 Å². The van der Waals surface area contributed by atoms with Crippen LogP contribution in [0.25, 0.3) is 17.3 Å². The molecule has 1 aromatic heterocycles. The first kappa shape index (κ1) is 22.0. The highest BCUT2D eigenvalue weighted by molar-refractivity contribution is 6.01. The van der Waals surface area contributed by atoms with Crippen molar-refractivity contribution in [3.05, 3.63) is 90.1 Å². The minimum atomic E-state index is -0.653. The van der Waals surface area contributed by atoms with Gasteiger partial charge in [-0.15, -0.1) is 0 Å². The number of nitrogens with zero attached hydrogens (tertiary/aromatic N) is 1. The van der Waals surface area contributed by atoms with Gasteiger partial charge >= 0.3 is 0 Å². The third-order valence-corrected chi connectivity index (χ3v) is 4.76. The molecule has 5 nitrogen and oxygen atoms in total. The number of pyridine rings is 1. The number of ether oxygens (including phenoxy) is 1. The zero-order valence-electron chi connectivity index (χ0n) is 17.6. The number of rotatable bonds is 10. The van der Waals surface area contributed by atoms with Crippen LogP contribution in [0, 0.1) is 0 Å². The molecule has 0 fully saturated rings. The highest BCUT2D eigenvalue weighted by atomic mass is 16.5. The third kappa shape index (κ3) is 5.89. The van der Waals surface area contributed by atoms with Crippen LogP contribution in [0.1, 0.15) is 34.8 Å². The summed E-state index contributed by atoms with van der Waals surface area (Å²) < 4.78 is 5.70. The summed E-state index contributed by atoms with van der Waals surface area (Å²) in [7, 11) is 0. The van der Waals surface area contributed by atoms with Gasteiger partial charge in [-0.25, -0.2) is 0 Å². The lowest BCUT2D eigenvalue weighted by Gasteiger charge is -2.15. The van der Waals surface area contributed by atoms with E-state index in [0.29, 0.717) is 24.3 Å². The summed E-state index contributed by atoms with van der Waals surface area (Å²) in [5.74, 6) is 0.379. The molecule has 2 aromatic carbocycles. The van der Waals surface area contributed by atoms with Crippen LogP contribution in [0.15, 0.2) is 73.4 Å². The van der Waals surface area contributed by atoms with Crippen LogP contribution < -0.4 is 10.1 Å². The van der Waals surface area contributed by atoms with Crippen molar-refractivity contribution < 1.29 is 14.3 Å². The van der Waals surface area contributed by atoms with Gasteiger partial charge in [0.1, 0.15) is 12.0 Å². The van der Waals surface area contributed by atoms with Gasteiger partial charge in [0.25, 0.3) is 5.91 Å². The molecule has 3 aromatic rings. The molecule has 1 heterocycles. The van der Waals surface area contributed by atoms with E-state index in [-0.39, 0.29) is 5.91 Å². The molecule has 158 valence electrons. The maximum Gasteiger partial charge on any atom is 0.254 e. The van der Waals surface area contributed by atoms with Crippen molar-refractivity contribution in [1.82, 2.24) is 10.3 Å². The predicted octanol–water partition coefficient (Wildman–Crippen LogP) is 4.72. The third-order valence-electron chi connectivity index (χ3n) is 4.76. The number of amides is 1. The fraction of sp³-hybridized carbons (Fsp3) is 0.192. The molecule has 1 atom stereocenters. The Balaban J connectivity index is 1.80. The fourth-order valence-corrected chi connectivity index (χ4v) is 3.25. The van der Waals surface area contributed by atoms with Crippen molar-refractivity contribution in [2.75, 3.05) is 6.61 Å². The highest BCUT2D eigenvalue weighted by Crippen LogP contribution is 2.25. The van der Waals surface area contributed by atoms with Gasteiger partial charge in [0.15, 0.2) is 0 Å². The average Bonchev–Trinajstić information content (AvgIpc) is 2.82. The van der Waals surface area contributed by atoms with Gasteiger partial charge in [0.2, 0.25) is 0 Å². The second-order valence-corrected chi connectivity index (χ2v) is 7.15. The summed E-state index contributed by atoms with van der Waals surface area (Å²) in [4.78, 5) is 29.1. The van der Waals surface area contributed by atoms with Crippen LogP contribution in [0.5, 0.6) is 5.75 Å². The molecule has 0 aliphatic rings. The van der Waals surface area contributed by atoms with Crippen molar-refractivity contribution in [2.24, 2.45) is 0 Å². The van der Waals surface area contributed by atoms with Crippen LogP contribution in [-0.4, -0.2) is 29.8 Å². The van der Waals surface area contributed by atoms with Crippen molar-refractivity contribution in [3.63, 3.8) is 0 Å². The van der Waals surface area contributed by atoms with E-state index < -0.39 is 6.04 Å². The van der Waals surface area contributed by atoms with Crippen LogP contribution in [0.3, 0.4) is 0 Å². The van der Waals surface area contributed by atoms with Gasteiger partial charge in [0.05, 0.1) is 23.9 Å². The van der Waals surface area contributed by atoms with E-state index in [1.807, 2.05) is 55.5 Å². The molecule has 0 saturated carbocycles. The topological polar surface area (TPSA) is 68.3 Å². The Kier molecular flexibility index (Phi) is 7.71. The molecule has 0 radical (unpaired) electrons.